The quantitative estimate of drug-likeness (QED) is 0.471. The number of carbonyl (C=O) groups is 1. The van der Waals surface area contributed by atoms with Crippen molar-refractivity contribution in [2.45, 2.75) is 25.7 Å². The molecule has 0 heterocycles. The Labute approximate surface area is 90.7 Å². The minimum Gasteiger partial charge on any atom is -0.396 e. The Hall–Kier alpha value is -1.03. The maximum atomic E-state index is 11.2. The molecular weight excluding hydrogens is 192 g/mol. The van der Waals surface area contributed by atoms with Crippen molar-refractivity contribution in [3.05, 3.63) is 12.2 Å². The molecule has 1 unspecified atom stereocenters. The van der Waals surface area contributed by atoms with Gasteiger partial charge in [-0.3, -0.25) is 0 Å². The van der Waals surface area contributed by atoms with E-state index in [1.54, 1.807) is 0 Å². The monoisotopic (exact) mass is 212 g/mol. The molecule has 0 fully saturated rings. The van der Waals surface area contributed by atoms with Crippen molar-refractivity contribution in [3.8, 4) is 0 Å². The second kappa shape index (κ2) is 7.29. The maximum Gasteiger partial charge on any atom is 0.314 e. The van der Waals surface area contributed by atoms with Gasteiger partial charge in [-0.15, -0.1) is 0 Å². The fourth-order valence-corrected chi connectivity index (χ4v) is 1.62. The lowest BCUT2D eigenvalue weighted by atomic mass is 9.94. The molecule has 86 valence electrons. The van der Waals surface area contributed by atoms with E-state index in [1.165, 1.54) is 0 Å². The van der Waals surface area contributed by atoms with E-state index in [2.05, 4.69) is 22.8 Å². The molecule has 0 saturated heterocycles. The van der Waals surface area contributed by atoms with Crippen molar-refractivity contribution in [1.82, 2.24) is 10.6 Å². The number of aliphatic hydroxyl groups is 1. The van der Waals surface area contributed by atoms with Gasteiger partial charge in [-0.25, -0.2) is 4.79 Å². The predicted octanol–water partition coefficient (Wildman–Crippen LogP) is 1.02. The highest BCUT2D eigenvalue weighted by Gasteiger charge is 2.10. The number of nitrogens with one attached hydrogen (secondary N) is 2. The van der Waals surface area contributed by atoms with Gasteiger partial charge in [-0.05, 0) is 31.6 Å². The van der Waals surface area contributed by atoms with Crippen molar-refractivity contribution in [1.29, 1.82) is 0 Å². The minimum atomic E-state index is -0.127. The molecule has 4 nitrogen and oxygen atoms in total. The third-order valence-corrected chi connectivity index (χ3v) is 2.55. The van der Waals surface area contributed by atoms with Crippen molar-refractivity contribution in [3.63, 3.8) is 0 Å². The number of allylic oxidation sites excluding steroid dienone is 2. The predicted molar refractivity (Wildman–Crippen MR) is 59.6 cm³/mol. The van der Waals surface area contributed by atoms with Crippen LogP contribution in [-0.2, 0) is 0 Å². The molecule has 1 aliphatic carbocycles. The lowest BCUT2D eigenvalue weighted by Gasteiger charge is -2.18. The zero-order valence-corrected chi connectivity index (χ0v) is 9.04. The zero-order chi connectivity index (χ0) is 10.9. The Bertz CT molecular complexity index is 217. The molecule has 0 bridgehead atoms. The molecule has 1 atom stereocenters. The largest absolute Gasteiger partial charge is 0.396 e. The van der Waals surface area contributed by atoms with Crippen LogP contribution in [0.5, 0.6) is 0 Å². The highest BCUT2D eigenvalue weighted by atomic mass is 16.3. The fraction of sp³-hybridized carbons (Fsp3) is 0.727. The Kier molecular flexibility index (Phi) is 5.85. The molecule has 4 heteroatoms. The zero-order valence-electron chi connectivity index (χ0n) is 9.04. The molecule has 0 spiro atoms. The van der Waals surface area contributed by atoms with E-state index >= 15 is 0 Å². The Morgan fingerprint density at radius 3 is 2.93 bits per heavy atom. The summed E-state index contributed by atoms with van der Waals surface area (Å²) < 4.78 is 0. The normalized spacial score (nSPS) is 19.9. The SMILES string of the molecule is O=C(NCCCO)NCC1CC=CCC1. The smallest absolute Gasteiger partial charge is 0.314 e. The summed E-state index contributed by atoms with van der Waals surface area (Å²) in [5.41, 5.74) is 0. The van der Waals surface area contributed by atoms with E-state index in [0.717, 1.165) is 25.8 Å². The molecular formula is C11H20N2O2. The van der Waals surface area contributed by atoms with E-state index in [1.807, 2.05) is 0 Å². The lowest BCUT2D eigenvalue weighted by molar-refractivity contribution is 0.235. The van der Waals surface area contributed by atoms with E-state index in [-0.39, 0.29) is 12.6 Å². The van der Waals surface area contributed by atoms with Gasteiger partial charge in [0.15, 0.2) is 0 Å². The number of rotatable bonds is 5. The van der Waals surface area contributed by atoms with Crippen LogP contribution in [0.1, 0.15) is 25.7 Å². The second-order valence-corrected chi connectivity index (χ2v) is 3.86. The Morgan fingerprint density at radius 1 is 1.40 bits per heavy atom. The highest BCUT2D eigenvalue weighted by molar-refractivity contribution is 5.73. The molecule has 0 radical (unpaired) electrons. The molecule has 2 amide bonds. The van der Waals surface area contributed by atoms with Crippen LogP contribution in [0.4, 0.5) is 4.79 Å². The molecule has 3 N–H and O–H groups in total. The standard InChI is InChI=1S/C11H20N2O2/c14-8-4-7-12-11(15)13-9-10-5-2-1-3-6-10/h1-2,10,14H,3-9H2,(H2,12,13,15). The first-order chi connectivity index (χ1) is 7.33. The van der Waals surface area contributed by atoms with E-state index < -0.39 is 0 Å². The van der Waals surface area contributed by atoms with E-state index in [4.69, 9.17) is 5.11 Å². The number of urea groups is 1. The number of carbonyl (C=O) groups excluding carboxylic acids is 1. The number of hydrogen-bond donors (Lipinski definition) is 3. The summed E-state index contributed by atoms with van der Waals surface area (Å²) in [6.07, 6.45) is 8.33. The molecule has 0 aromatic heterocycles. The summed E-state index contributed by atoms with van der Waals surface area (Å²) in [6.45, 7) is 1.40. The average molecular weight is 212 g/mol. The first-order valence-corrected chi connectivity index (χ1v) is 5.60. The molecule has 0 aromatic carbocycles. The topological polar surface area (TPSA) is 61.4 Å². The number of aliphatic hydroxyl groups excluding tert-OH is 1. The van der Waals surface area contributed by atoms with Crippen LogP contribution < -0.4 is 10.6 Å². The first-order valence-electron chi connectivity index (χ1n) is 5.60. The van der Waals surface area contributed by atoms with Crippen LogP contribution >= 0.6 is 0 Å². The van der Waals surface area contributed by atoms with Gasteiger partial charge in [0.1, 0.15) is 0 Å². The summed E-state index contributed by atoms with van der Waals surface area (Å²) in [7, 11) is 0. The molecule has 0 aromatic rings. The molecule has 15 heavy (non-hydrogen) atoms. The van der Waals surface area contributed by atoms with Gasteiger partial charge in [0.2, 0.25) is 0 Å². The van der Waals surface area contributed by atoms with Crippen molar-refractivity contribution in [2.24, 2.45) is 5.92 Å². The van der Waals surface area contributed by atoms with E-state index in [9.17, 15) is 4.79 Å². The van der Waals surface area contributed by atoms with Crippen molar-refractivity contribution < 1.29 is 9.90 Å². The highest BCUT2D eigenvalue weighted by Crippen LogP contribution is 2.16. The fourth-order valence-electron chi connectivity index (χ4n) is 1.62. The van der Waals surface area contributed by atoms with Crippen LogP contribution in [0.2, 0.25) is 0 Å². The summed E-state index contributed by atoms with van der Waals surface area (Å²) in [5.74, 6) is 0.582. The number of hydrogen-bond acceptors (Lipinski definition) is 2. The van der Waals surface area contributed by atoms with Crippen molar-refractivity contribution >= 4 is 6.03 Å². The Morgan fingerprint density at radius 2 is 2.27 bits per heavy atom. The van der Waals surface area contributed by atoms with E-state index in [0.29, 0.717) is 18.9 Å². The third-order valence-electron chi connectivity index (χ3n) is 2.55. The van der Waals surface area contributed by atoms with Crippen LogP contribution in [-0.4, -0.2) is 30.8 Å². The third kappa shape index (κ3) is 5.42. The average Bonchev–Trinajstić information content (AvgIpc) is 2.28. The number of amides is 2. The van der Waals surface area contributed by atoms with Gasteiger partial charge in [-0.1, -0.05) is 12.2 Å². The van der Waals surface area contributed by atoms with Gasteiger partial charge in [0.25, 0.3) is 0 Å². The Balaban J connectivity index is 2.03. The van der Waals surface area contributed by atoms with Gasteiger partial charge in [-0.2, -0.15) is 0 Å². The lowest BCUT2D eigenvalue weighted by Crippen LogP contribution is -2.39. The van der Waals surface area contributed by atoms with Gasteiger partial charge in [0, 0.05) is 19.7 Å². The van der Waals surface area contributed by atoms with Gasteiger partial charge >= 0.3 is 6.03 Å². The van der Waals surface area contributed by atoms with Crippen LogP contribution in [0.25, 0.3) is 0 Å². The minimum absolute atomic E-state index is 0.119. The van der Waals surface area contributed by atoms with Crippen LogP contribution in [0.3, 0.4) is 0 Å². The van der Waals surface area contributed by atoms with Crippen LogP contribution in [0, 0.1) is 5.92 Å². The second-order valence-electron chi connectivity index (χ2n) is 3.86. The maximum absolute atomic E-state index is 11.2. The summed E-state index contributed by atoms with van der Waals surface area (Å²) >= 11 is 0. The first kappa shape index (κ1) is 12.0. The summed E-state index contributed by atoms with van der Waals surface area (Å²) in [6, 6.07) is -0.127. The van der Waals surface area contributed by atoms with Gasteiger partial charge < -0.3 is 15.7 Å². The van der Waals surface area contributed by atoms with Crippen molar-refractivity contribution in [2.75, 3.05) is 19.7 Å². The summed E-state index contributed by atoms with van der Waals surface area (Å²) in [4.78, 5) is 11.2. The summed E-state index contributed by atoms with van der Waals surface area (Å²) in [5, 5.41) is 14.1. The molecule has 0 saturated carbocycles. The molecule has 1 rings (SSSR count). The molecule has 0 aliphatic heterocycles. The van der Waals surface area contributed by atoms with Crippen LogP contribution in [0.15, 0.2) is 12.2 Å². The molecule has 1 aliphatic rings. The van der Waals surface area contributed by atoms with Gasteiger partial charge in [0.05, 0.1) is 0 Å².